The highest BCUT2D eigenvalue weighted by atomic mass is 16.6. The Morgan fingerprint density at radius 2 is 0.959 bits per heavy atom. The van der Waals surface area contributed by atoms with Crippen molar-refractivity contribution in [3.8, 4) is 0 Å². The zero-order chi connectivity index (χ0) is 36.4. The molecule has 0 saturated heterocycles. The van der Waals surface area contributed by atoms with Crippen LogP contribution in [0.3, 0.4) is 0 Å². The van der Waals surface area contributed by atoms with E-state index in [2.05, 4.69) is 43.1 Å². The molecule has 0 saturated carbocycles. The Morgan fingerprint density at radius 1 is 0.510 bits per heavy atom. The van der Waals surface area contributed by atoms with Crippen LogP contribution in [-0.2, 0) is 23.8 Å². The molecule has 0 fully saturated rings. The summed E-state index contributed by atoms with van der Waals surface area (Å²) in [6, 6.07) is 0. The number of alkyl carbamates (subject to hydrolysis) is 1. The fourth-order valence-electron chi connectivity index (χ4n) is 5.94. The predicted molar refractivity (Wildman–Crippen MR) is 203 cm³/mol. The maximum Gasteiger partial charge on any atom is 0.407 e. The molecule has 0 aromatic carbocycles. The van der Waals surface area contributed by atoms with E-state index in [1.165, 1.54) is 38.5 Å². The minimum atomic E-state index is -0.326. The largest absolute Gasteiger partial charge is 0.466 e. The molecule has 0 aliphatic heterocycles. The molecule has 1 amide bonds. The van der Waals surface area contributed by atoms with E-state index >= 15 is 0 Å². The Balaban J connectivity index is 4.61. The third-order valence-electron chi connectivity index (χ3n) is 8.96. The summed E-state index contributed by atoms with van der Waals surface area (Å²) in [6.07, 6.45) is 24.1. The van der Waals surface area contributed by atoms with Gasteiger partial charge in [-0.05, 0) is 118 Å². The van der Waals surface area contributed by atoms with Crippen molar-refractivity contribution in [1.82, 2.24) is 15.1 Å². The van der Waals surface area contributed by atoms with Gasteiger partial charge in [-0.15, -0.1) is 0 Å². The highest BCUT2D eigenvalue weighted by Gasteiger charge is 2.17. The number of carbonyl (C=O) groups is 3. The van der Waals surface area contributed by atoms with Crippen LogP contribution in [0.25, 0.3) is 0 Å². The summed E-state index contributed by atoms with van der Waals surface area (Å²) in [4.78, 5) is 41.4. The predicted octanol–water partition coefficient (Wildman–Crippen LogP) is 9.45. The Hall–Kier alpha value is -1.87. The lowest BCUT2D eigenvalue weighted by atomic mass is 10.0. The van der Waals surface area contributed by atoms with Gasteiger partial charge in [-0.1, -0.05) is 84.5 Å². The Morgan fingerprint density at radius 3 is 1.53 bits per heavy atom. The molecule has 0 aromatic rings. The van der Waals surface area contributed by atoms with Gasteiger partial charge in [-0.25, -0.2) is 4.79 Å². The SMILES string of the molecule is CCCCCCCC(=O)OCCCCCCC(CCCCCC(CCCN(C)C)OC(=O)CCCCCCC)OC(=O)NCCCN(C)C. The minimum absolute atomic E-state index is 0.0202. The van der Waals surface area contributed by atoms with Crippen LogP contribution in [0.5, 0.6) is 0 Å². The van der Waals surface area contributed by atoms with Gasteiger partial charge in [0.2, 0.25) is 0 Å². The van der Waals surface area contributed by atoms with Crippen molar-refractivity contribution in [2.45, 2.75) is 187 Å². The van der Waals surface area contributed by atoms with E-state index < -0.39 is 0 Å². The average molecular weight is 698 g/mol. The number of nitrogens with zero attached hydrogens (tertiary/aromatic N) is 2. The summed E-state index contributed by atoms with van der Waals surface area (Å²) in [7, 11) is 8.21. The standard InChI is InChI=1S/C40H79N3O6/c1-7-9-11-13-21-30-38(44)47-35-23-16-15-18-27-37(49-40(46)41-32-25-34-43(5)6)28-20-17-19-26-36(29-24-33-42(3)4)48-39(45)31-22-14-12-10-8-2/h36-37H,7-35H2,1-6H3,(H,41,46). The second-order valence-corrected chi connectivity index (χ2v) is 14.6. The molecule has 9 heteroatoms. The number of esters is 2. The van der Waals surface area contributed by atoms with Crippen LogP contribution in [0.1, 0.15) is 174 Å². The van der Waals surface area contributed by atoms with Gasteiger partial charge in [0.1, 0.15) is 12.2 Å². The number of hydrogen-bond acceptors (Lipinski definition) is 8. The Kier molecular flexibility index (Phi) is 33.3. The molecule has 0 aliphatic rings. The monoisotopic (exact) mass is 698 g/mol. The molecule has 0 rings (SSSR count). The van der Waals surface area contributed by atoms with Gasteiger partial charge >= 0.3 is 18.0 Å². The second-order valence-electron chi connectivity index (χ2n) is 14.6. The van der Waals surface area contributed by atoms with Crippen molar-refractivity contribution < 1.29 is 28.6 Å². The lowest BCUT2D eigenvalue weighted by Gasteiger charge is -2.20. The van der Waals surface area contributed by atoms with Gasteiger partial charge in [-0.2, -0.15) is 0 Å². The molecule has 2 unspecified atom stereocenters. The van der Waals surface area contributed by atoms with Crippen molar-refractivity contribution in [3.63, 3.8) is 0 Å². The third kappa shape index (κ3) is 34.4. The molecular formula is C40H79N3O6. The number of rotatable bonds is 35. The summed E-state index contributed by atoms with van der Waals surface area (Å²) < 4.78 is 17.3. The highest BCUT2D eigenvalue weighted by Crippen LogP contribution is 2.19. The molecule has 290 valence electrons. The van der Waals surface area contributed by atoms with Crippen LogP contribution in [0.15, 0.2) is 0 Å². The minimum Gasteiger partial charge on any atom is -0.466 e. The zero-order valence-corrected chi connectivity index (χ0v) is 33.0. The number of ether oxygens (including phenoxy) is 3. The molecule has 0 bridgehead atoms. The molecule has 0 aromatic heterocycles. The summed E-state index contributed by atoms with van der Waals surface area (Å²) in [5, 5.41) is 2.92. The molecule has 0 aliphatic carbocycles. The lowest BCUT2D eigenvalue weighted by molar-refractivity contribution is -0.150. The van der Waals surface area contributed by atoms with Gasteiger partial charge < -0.3 is 29.3 Å². The van der Waals surface area contributed by atoms with Crippen LogP contribution >= 0.6 is 0 Å². The number of amides is 1. The van der Waals surface area contributed by atoms with E-state index in [4.69, 9.17) is 14.2 Å². The van der Waals surface area contributed by atoms with E-state index in [1.807, 2.05) is 14.1 Å². The van der Waals surface area contributed by atoms with Crippen LogP contribution < -0.4 is 5.32 Å². The normalized spacial score (nSPS) is 12.7. The van der Waals surface area contributed by atoms with Gasteiger partial charge in [0.05, 0.1) is 6.61 Å². The van der Waals surface area contributed by atoms with Crippen molar-refractivity contribution in [2.24, 2.45) is 0 Å². The summed E-state index contributed by atoms with van der Waals surface area (Å²) >= 11 is 0. The first-order valence-electron chi connectivity index (χ1n) is 20.3. The molecule has 1 N–H and O–H groups in total. The van der Waals surface area contributed by atoms with Crippen molar-refractivity contribution in [2.75, 3.05) is 54.4 Å². The smallest absolute Gasteiger partial charge is 0.407 e. The fourth-order valence-corrected chi connectivity index (χ4v) is 5.94. The van der Waals surface area contributed by atoms with Crippen LogP contribution in [-0.4, -0.2) is 94.5 Å². The van der Waals surface area contributed by atoms with E-state index in [-0.39, 0.29) is 30.2 Å². The number of carbonyl (C=O) groups excluding carboxylic acids is 3. The summed E-state index contributed by atoms with van der Waals surface area (Å²) in [5.74, 6) is -0.121. The topological polar surface area (TPSA) is 97.4 Å². The van der Waals surface area contributed by atoms with Crippen molar-refractivity contribution in [3.05, 3.63) is 0 Å². The van der Waals surface area contributed by atoms with Gasteiger partial charge in [-0.3, -0.25) is 9.59 Å². The van der Waals surface area contributed by atoms with Gasteiger partial charge in [0.25, 0.3) is 0 Å². The number of hydrogen-bond donors (Lipinski definition) is 1. The van der Waals surface area contributed by atoms with E-state index in [0.29, 0.717) is 26.0 Å². The Labute approximate surface area is 302 Å². The van der Waals surface area contributed by atoms with Gasteiger partial charge in [0.15, 0.2) is 0 Å². The van der Waals surface area contributed by atoms with Crippen molar-refractivity contribution >= 4 is 18.0 Å². The second kappa shape index (κ2) is 34.6. The maximum atomic E-state index is 12.6. The molecule has 49 heavy (non-hydrogen) atoms. The molecule has 0 heterocycles. The summed E-state index contributed by atoms with van der Waals surface area (Å²) in [6.45, 7) is 7.40. The van der Waals surface area contributed by atoms with E-state index in [9.17, 15) is 14.4 Å². The average Bonchev–Trinajstić information content (AvgIpc) is 3.05. The quantitative estimate of drug-likeness (QED) is 0.0398. The van der Waals surface area contributed by atoms with Crippen molar-refractivity contribution in [1.29, 1.82) is 0 Å². The molecule has 9 nitrogen and oxygen atoms in total. The van der Waals surface area contributed by atoms with Crippen LogP contribution in [0.4, 0.5) is 4.79 Å². The first-order chi connectivity index (χ1) is 23.7. The number of unbranched alkanes of at least 4 members (excludes halogenated alkanes) is 13. The maximum absolute atomic E-state index is 12.6. The zero-order valence-electron chi connectivity index (χ0n) is 33.0. The van der Waals surface area contributed by atoms with Gasteiger partial charge in [0, 0.05) is 19.4 Å². The van der Waals surface area contributed by atoms with Crippen LogP contribution in [0.2, 0.25) is 0 Å². The molecular weight excluding hydrogens is 618 g/mol. The van der Waals surface area contributed by atoms with Crippen LogP contribution in [0, 0.1) is 0 Å². The number of nitrogens with one attached hydrogen (secondary N) is 1. The third-order valence-corrected chi connectivity index (χ3v) is 8.96. The highest BCUT2D eigenvalue weighted by molar-refractivity contribution is 5.69. The first-order valence-corrected chi connectivity index (χ1v) is 20.3. The Bertz CT molecular complexity index is 779. The fraction of sp³-hybridized carbons (Fsp3) is 0.925. The van der Waals surface area contributed by atoms with E-state index in [0.717, 1.165) is 122 Å². The molecule has 0 radical (unpaired) electrons. The van der Waals surface area contributed by atoms with E-state index in [1.54, 1.807) is 0 Å². The molecule has 2 atom stereocenters. The lowest BCUT2D eigenvalue weighted by Crippen LogP contribution is -2.31. The first kappa shape index (κ1) is 47.1. The molecule has 0 spiro atoms. The summed E-state index contributed by atoms with van der Waals surface area (Å²) in [5.41, 5.74) is 0.